The van der Waals surface area contributed by atoms with E-state index >= 15 is 0 Å². The van der Waals surface area contributed by atoms with Gasteiger partial charge in [0.05, 0.1) is 16.2 Å². The summed E-state index contributed by atoms with van der Waals surface area (Å²) in [5.41, 5.74) is 1.47. The van der Waals surface area contributed by atoms with Crippen molar-refractivity contribution in [2.45, 2.75) is 0 Å². The van der Waals surface area contributed by atoms with Gasteiger partial charge in [-0.1, -0.05) is 18.2 Å². The van der Waals surface area contributed by atoms with Crippen LogP contribution >= 0.6 is 11.8 Å². The Morgan fingerprint density at radius 3 is 2.56 bits per heavy atom. The summed E-state index contributed by atoms with van der Waals surface area (Å²) in [5, 5.41) is 18.9. The van der Waals surface area contributed by atoms with Gasteiger partial charge in [0.1, 0.15) is 5.75 Å². The van der Waals surface area contributed by atoms with Crippen LogP contribution in [0.3, 0.4) is 0 Å². The van der Waals surface area contributed by atoms with E-state index in [1.165, 1.54) is 34.9 Å². The van der Waals surface area contributed by atoms with Crippen LogP contribution in [0.2, 0.25) is 0 Å². The monoisotopic (exact) mass is 354 g/mol. The molecular formula is C18H14N2O4S. The highest BCUT2D eigenvalue weighted by atomic mass is 32.2. The molecule has 25 heavy (non-hydrogen) atoms. The minimum absolute atomic E-state index is 0.105. The topological polar surface area (TPSA) is 90.2 Å². The van der Waals surface area contributed by atoms with Crippen LogP contribution in [0.25, 0.3) is 6.08 Å². The molecule has 0 bridgehead atoms. The van der Waals surface area contributed by atoms with E-state index in [0.717, 1.165) is 5.56 Å². The normalized spacial score (nSPS) is 17.5. The Labute approximate surface area is 148 Å². The van der Waals surface area contributed by atoms with Crippen molar-refractivity contribution in [3.05, 3.63) is 64.6 Å². The molecule has 1 saturated heterocycles. The van der Waals surface area contributed by atoms with Gasteiger partial charge >= 0.3 is 5.97 Å². The number of benzene rings is 2. The molecule has 2 aromatic carbocycles. The first kappa shape index (κ1) is 16.8. The number of carboxylic acids is 1. The quantitative estimate of drug-likeness (QED) is 0.825. The zero-order valence-corrected chi connectivity index (χ0v) is 14.0. The number of hydrogen-bond acceptors (Lipinski definition) is 5. The Bertz CT molecular complexity index is 904. The van der Waals surface area contributed by atoms with Gasteiger partial charge in [-0.25, -0.2) is 9.79 Å². The first-order valence-corrected chi connectivity index (χ1v) is 8.14. The van der Waals surface area contributed by atoms with Crippen molar-refractivity contribution in [1.29, 1.82) is 0 Å². The van der Waals surface area contributed by atoms with E-state index in [0.29, 0.717) is 15.8 Å². The highest BCUT2D eigenvalue weighted by molar-refractivity contribution is 8.18. The number of likely N-dealkylation sites (N-methyl/N-ethyl adjacent to an activating group) is 1. The SMILES string of the molecule is CN1C(=O)/C(=C/c2ccc(C(=O)O)cc2)SC1=Nc1cccc(O)c1. The Kier molecular flexibility index (Phi) is 4.58. The van der Waals surface area contributed by atoms with Crippen LogP contribution in [-0.2, 0) is 4.79 Å². The Balaban J connectivity index is 1.86. The predicted molar refractivity (Wildman–Crippen MR) is 96.9 cm³/mol. The predicted octanol–water partition coefficient (Wildman–Crippen LogP) is 3.32. The first-order chi connectivity index (χ1) is 11.9. The van der Waals surface area contributed by atoms with Crippen LogP contribution in [0.5, 0.6) is 5.75 Å². The maximum atomic E-state index is 12.4. The van der Waals surface area contributed by atoms with Crippen molar-refractivity contribution in [3.8, 4) is 5.75 Å². The van der Waals surface area contributed by atoms with E-state index in [9.17, 15) is 14.7 Å². The summed E-state index contributed by atoms with van der Waals surface area (Å²) in [6.07, 6.45) is 1.69. The van der Waals surface area contributed by atoms with Crippen molar-refractivity contribution in [3.63, 3.8) is 0 Å². The average Bonchev–Trinajstić information content (AvgIpc) is 2.83. The van der Waals surface area contributed by atoms with Gasteiger partial charge in [-0.3, -0.25) is 9.69 Å². The van der Waals surface area contributed by atoms with Gasteiger partial charge in [-0.2, -0.15) is 0 Å². The standard InChI is InChI=1S/C18H14N2O4S/c1-20-16(22)15(9-11-5-7-12(8-6-11)17(23)24)25-18(20)19-13-3-2-4-14(21)10-13/h2-10,21H,1H3,(H,23,24)/b15-9-,19-18?. The zero-order chi connectivity index (χ0) is 18.0. The Hall–Kier alpha value is -3.06. The molecule has 0 unspecified atom stereocenters. The number of carboxylic acid groups (broad SMARTS) is 1. The van der Waals surface area contributed by atoms with Crippen LogP contribution < -0.4 is 0 Å². The van der Waals surface area contributed by atoms with Gasteiger partial charge in [0.25, 0.3) is 5.91 Å². The molecule has 1 amide bonds. The Morgan fingerprint density at radius 1 is 1.20 bits per heavy atom. The molecule has 0 aliphatic carbocycles. The maximum Gasteiger partial charge on any atom is 0.335 e. The van der Waals surface area contributed by atoms with E-state index in [-0.39, 0.29) is 17.2 Å². The molecular weight excluding hydrogens is 340 g/mol. The average molecular weight is 354 g/mol. The lowest BCUT2D eigenvalue weighted by molar-refractivity contribution is -0.121. The van der Waals surface area contributed by atoms with Gasteiger partial charge in [0.2, 0.25) is 0 Å². The molecule has 126 valence electrons. The summed E-state index contributed by atoms with van der Waals surface area (Å²) in [5.74, 6) is -1.08. The molecule has 0 spiro atoms. The fourth-order valence-corrected chi connectivity index (χ4v) is 3.18. The third-order valence-electron chi connectivity index (χ3n) is 3.51. The number of nitrogens with zero attached hydrogens (tertiary/aromatic N) is 2. The van der Waals surface area contributed by atoms with Crippen molar-refractivity contribution in [1.82, 2.24) is 4.90 Å². The number of amides is 1. The molecule has 1 aliphatic rings. The Morgan fingerprint density at radius 2 is 1.92 bits per heavy atom. The molecule has 0 aromatic heterocycles. The molecule has 1 aliphatic heterocycles. The van der Waals surface area contributed by atoms with Gasteiger partial charge in [-0.15, -0.1) is 0 Å². The number of aromatic hydroxyl groups is 1. The van der Waals surface area contributed by atoms with Gasteiger partial charge in [0.15, 0.2) is 5.17 Å². The van der Waals surface area contributed by atoms with E-state index in [1.807, 2.05) is 0 Å². The molecule has 1 fully saturated rings. The zero-order valence-electron chi connectivity index (χ0n) is 13.2. The van der Waals surface area contributed by atoms with Crippen LogP contribution in [0, 0.1) is 0 Å². The minimum atomic E-state index is -0.995. The third kappa shape index (κ3) is 3.72. The molecule has 0 atom stereocenters. The highest BCUT2D eigenvalue weighted by Gasteiger charge is 2.30. The lowest BCUT2D eigenvalue weighted by Gasteiger charge is -2.07. The second-order valence-corrected chi connectivity index (χ2v) is 6.33. The van der Waals surface area contributed by atoms with Crippen molar-refractivity contribution < 1.29 is 19.8 Å². The number of carbonyl (C=O) groups excluding carboxylic acids is 1. The maximum absolute atomic E-state index is 12.4. The summed E-state index contributed by atoms with van der Waals surface area (Å²) < 4.78 is 0. The van der Waals surface area contributed by atoms with E-state index in [1.54, 1.807) is 43.5 Å². The largest absolute Gasteiger partial charge is 0.508 e. The van der Waals surface area contributed by atoms with E-state index in [2.05, 4.69) is 4.99 Å². The second kappa shape index (κ2) is 6.82. The molecule has 0 saturated carbocycles. The molecule has 2 aromatic rings. The number of phenolic OH excluding ortho intramolecular Hbond substituents is 1. The van der Waals surface area contributed by atoms with Crippen molar-refractivity contribution in [2.24, 2.45) is 4.99 Å². The number of hydrogen-bond donors (Lipinski definition) is 2. The molecule has 0 radical (unpaired) electrons. The number of amidine groups is 1. The number of aromatic carboxylic acids is 1. The summed E-state index contributed by atoms with van der Waals surface area (Å²) >= 11 is 1.22. The molecule has 3 rings (SSSR count). The van der Waals surface area contributed by atoms with Crippen LogP contribution in [0.15, 0.2) is 58.4 Å². The van der Waals surface area contributed by atoms with Gasteiger partial charge in [-0.05, 0) is 47.7 Å². The van der Waals surface area contributed by atoms with E-state index < -0.39 is 5.97 Å². The summed E-state index contributed by atoms with van der Waals surface area (Å²) in [7, 11) is 1.63. The molecule has 1 heterocycles. The number of phenols is 1. The van der Waals surface area contributed by atoms with Gasteiger partial charge in [0, 0.05) is 13.1 Å². The van der Waals surface area contributed by atoms with Crippen LogP contribution in [-0.4, -0.2) is 39.2 Å². The highest BCUT2D eigenvalue weighted by Crippen LogP contribution is 2.33. The fourth-order valence-electron chi connectivity index (χ4n) is 2.20. The second-order valence-electron chi connectivity index (χ2n) is 5.32. The first-order valence-electron chi connectivity index (χ1n) is 7.33. The number of thioether (sulfide) groups is 1. The summed E-state index contributed by atoms with van der Waals surface area (Å²) in [4.78, 5) is 29.6. The molecule has 7 heteroatoms. The molecule has 6 nitrogen and oxygen atoms in total. The third-order valence-corrected chi connectivity index (χ3v) is 4.57. The van der Waals surface area contributed by atoms with E-state index in [4.69, 9.17) is 5.11 Å². The summed E-state index contributed by atoms with van der Waals surface area (Å²) in [6.45, 7) is 0. The molecule has 2 N–H and O–H groups in total. The van der Waals surface area contributed by atoms with Crippen molar-refractivity contribution >= 4 is 40.6 Å². The summed E-state index contributed by atoms with van der Waals surface area (Å²) in [6, 6.07) is 12.7. The fraction of sp³-hybridized carbons (Fsp3) is 0.0556. The lowest BCUT2D eigenvalue weighted by Crippen LogP contribution is -2.23. The van der Waals surface area contributed by atoms with Crippen LogP contribution in [0.1, 0.15) is 15.9 Å². The van der Waals surface area contributed by atoms with Crippen molar-refractivity contribution in [2.75, 3.05) is 7.05 Å². The minimum Gasteiger partial charge on any atom is -0.508 e. The number of aliphatic imine (C=N–C) groups is 1. The van der Waals surface area contributed by atoms with Gasteiger partial charge < -0.3 is 10.2 Å². The number of rotatable bonds is 3. The lowest BCUT2D eigenvalue weighted by atomic mass is 10.1. The van der Waals surface area contributed by atoms with Crippen LogP contribution in [0.4, 0.5) is 5.69 Å². The smallest absolute Gasteiger partial charge is 0.335 e. The number of carbonyl (C=O) groups is 2.